The summed E-state index contributed by atoms with van der Waals surface area (Å²) in [6.45, 7) is 0. The van der Waals surface area contributed by atoms with Gasteiger partial charge in [-0.15, -0.1) is 10.2 Å². The van der Waals surface area contributed by atoms with Gasteiger partial charge in [0.05, 0.1) is 5.56 Å². The molecule has 0 fully saturated rings. The molecule has 0 aliphatic rings. The van der Waals surface area contributed by atoms with Gasteiger partial charge in [-0.05, 0) is 36.4 Å². The zero-order valence-electron chi connectivity index (χ0n) is 9.62. The topological polar surface area (TPSA) is 67.5 Å². The van der Waals surface area contributed by atoms with Crippen molar-refractivity contribution < 1.29 is 14.3 Å². The van der Waals surface area contributed by atoms with Crippen LogP contribution in [-0.2, 0) is 0 Å². The van der Waals surface area contributed by atoms with E-state index in [9.17, 15) is 9.18 Å². The minimum Gasteiger partial charge on any atom is -0.478 e. The summed E-state index contributed by atoms with van der Waals surface area (Å²) in [5, 5.41) is 16.9. The summed E-state index contributed by atoms with van der Waals surface area (Å²) in [5.41, 5.74) is 1.33. The van der Waals surface area contributed by atoms with Crippen molar-refractivity contribution in [1.29, 1.82) is 0 Å². The van der Waals surface area contributed by atoms with Crippen LogP contribution in [-0.4, -0.2) is 25.7 Å². The standard InChI is InChI=1S/C13H8FN3O2/c14-10-4-1-8(2-5-10)12-16-15-11-6-3-9(13(18)19)7-17(11)12/h1-7H,(H,18,19). The number of hydrogen-bond donors (Lipinski definition) is 1. The number of aromatic nitrogens is 3. The van der Waals surface area contributed by atoms with Crippen molar-refractivity contribution in [2.24, 2.45) is 0 Å². The van der Waals surface area contributed by atoms with Gasteiger partial charge in [0, 0.05) is 11.8 Å². The van der Waals surface area contributed by atoms with Crippen LogP contribution >= 0.6 is 0 Å². The molecule has 2 aromatic heterocycles. The quantitative estimate of drug-likeness (QED) is 0.764. The van der Waals surface area contributed by atoms with Crippen LogP contribution in [0.25, 0.3) is 17.0 Å². The molecule has 2 heterocycles. The highest BCUT2D eigenvalue weighted by Gasteiger charge is 2.10. The molecule has 1 aromatic carbocycles. The number of pyridine rings is 1. The third-order valence-electron chi connectivity index (χ3n) is 2.75. The van der Waals surface area contributed by atoms with Crippen LogP contribution in [0.1, 0.15) is 10.4 Å². The molecule has 94 valence electrons. The van der Waals surface area contributed by atoms with E-state index in [-0.39, 0.29) is 11.4 Å². The van der Waals surface area contributed by atoms with Crippen LogP contribution in [0.15, 0.2) is 42.6 Å². The largest absolute Gasteiger partial charge is 0.478 e. The lowest BCUT2D eigenvalue weighted by Crippen LogP contribution is -1.99. The Morgan fingerprint density at radius 3 is 2.53 bits per heavy atom. The van der Waals surface area contributed by atoms with E-state index in [4.69, 9.17) is 5.11 Å². The van der Waals surface area contributed by atoms with Crippen LogP contribution in [0.5, 0.6) is 0 Å². The molecule has 0 saturated carbocycles. The maximum absolute atomic E-state index is 12.9. The predicted octanol–water partition coefficient (Wildman–Crippen LogP) is 2.23. The second kappa shape index (κ2) is 4.16. The Morgan fingerprint density at radius 1 is 1.11 bits per heavy atom. The molecule has 0 aliphatic carbocycles. The van der Waals surface area contributed by atoms with E-state index in [0.717, 1.165) is 0 Å². The summed E-state index contributed by atoms with van der Waals surface area (Å²) >= 11 is 0. The van der Waals surface area contributed by atoms with Gasteiger partial charge in [0.25, 0.3) is 0 Å². The number of fused-ring (bicyclic) bond motifs is 1. The van der Waals surface area contributed by atoms with Crippen molar-refractivity contribution in [2.45, 2.75) is 0 Å². The molecule has 1 N–H and O–H groups in total. The van der Waals surface area contributed by atoms with E-state index < -0.39 is 5.97 Å². The first-order valence-electron chi connectivity index (χ1n) is 5.49. The Hall–Kier alpha value is -2.76. The number of nitrogens with zero attached hydrogens (tertiary/aromatic N) is 3. The monoisotopic (exact) mass is 257 g/mol. The fourth-order valence-corrected chi connectivity index (χ4v) is 1.81. The molecule has 0 radical (unpaired) electrons. The minimum atomic E-state index is -1.03. The summed E-state index contributed by atoms with van der Waals surface area (Å²) in [6.07, 6.45) is 1.44. The van der Waals surface area contributed by atoms with E-state index in [1.54, 1.807) is 22.6 Å². The number of halogens is 1. The van der Waals surface area contributed by atoms with Crippen molar-refractivity contribution in [3.8, 4) is 11.4 Å². The van der Waals surface area contributed by atoms with Crippen molar-refractivity contribution in [2.75, 3.05) is 0 Å². The van der Waals surface area contributed by atoms with E-state index in [2.05, 4.69) is 10.2 Å². The van der Waals surface area contributed by atoms with Crippen molar-refractivity contribution in [3.63, 3.8) is 0 Å². The Kier molecular flexibility index (Phi) is 2.49. The first kappa shape index (κ1) is 11.3. The third-order valence-corrected chi connectivity index (χ3v) is 2.75. The number of carboxylic acid groups (broad SMARTS) is 1. The lowest BCUT2D eigenvalue weighted by Gasteiger charge is -2.01. The zero-order valence-corrected chi connectivity index (χ0v) is 9.62. The first-order valence-corrected chi connectivity index (χ1v) is 5.49. The lowest BCUT2D eigenvalue weighted by molar-refractivity contribution is 0.0696. The smallest absolute Gasteiger partial charge is 0.337 e. The molecule has 0 spiro atoms. The summed E-state index contributed by atoms with van der Waals surface area (Å²) in [6, 6.07) is 8.80. The van der Waals surface area contributed by atoms with Crippen molar-refractivity contribution in [3.05, 3.63) is 54.0 Å². The maximum Gasteiger partial charge on any atom is 0.337 e. The molecule has 5 nitrogen and oxygen atoms in total. The number of benzene rings is 1. The SMILES string of the molecule is O=C(O)c1ccc2nnc(-c3ccc(F)cc3)n2c1. The number of hydrogen-bond acceptors (Lipinski definition) is 3. The van der Waals surface area contributed by atoms with Gasteiger partial charge in [0.2, 0.25) is 0 Å². The van der Waals surface area contributed by atoms with Gasteiger partial charge in [0.1, 0.15) is 5.82 Å². The highest BCUT2D eigenvalue weighted by Crippen LogP contribution is 2.19. The maximum atomic E-state index is 12.9. The Bertz CT molecular complexity index is 765. The average Bonchev–Trinajstić information content (AvgIpc) is 2.82. The van der Waals surface area contributed by atoms with Crippen LogP contribution in [0.4, 0.5) is 4.39 Å². The fourth-order valence-electron chi connectivity index (χ4n) is 1.81. The summed E-state index contributed by atoms with van der Waals surface area (Å²) in [4.78, 5) is 11.0. The Balaban J connectivity index is 2.21. The molecule has 3 aromatic rings. The molecule has 3 rings (SSSR count). The second-order valence-electron chi connectivity index (χ2n) is 3.98. The van der Waals surface area contributed by atoms with Gasteiger partial charge in [-0.3, -0.25) is 4.40 Å². The van der Waals surface area contributed by atoms with Crippen LogP contribution in [0.2, 0.25) is 0 Å². The lowest BCUT2D eigenvalue weighted by atomic mass is 10.2. The number of carbonyl (C=O) groups is 1. The van der Waals surface area contributed by atoms with E-state index in [1.807, 2.05) is 0 Å². The molecule has 0 saturated heterocycles. The van der Waals surface area contributed by atoms with E-state index in [1.165, 1.54) is 24.4 Å². The number of carboxylic acids is 1. The molecule has 0 aliphatic heterocycles. The molecule has 0 bridgehead atoms. The highest BCUT2D eigenvalue weighted by molar-refractivity contribution is 5.87. The van der Waals surface area contributed by atoms with Gasteiger partial charge >= 0.3 is 5.97 Å². The second-order valence-corrected chi connectivity index (χ2v) is 3.98. The van der Waals surface area contributed by atoms with Crippen LogP contribution in [0.3, 0.4) is 0 Å². The van der Waals surface area contributed by atoms with E-state index in [0.29, 0.717) is 17.0 Å². The first-order chi connectivity index (χ1) is 9.15. The van der Waals surface area contributed by atoms with Crippen LogP contribution in [0, 0.1) is 5.82 Å². The van der Waals surface area contributed by atoms with Gasteiger partial charge < -0.3 is 5.11 Å². The minimum absolute atomic E-state index is 0.135. The molecule has 19 heavy (non-hydrogen) atoms. The molecule has 0 unspecified atom stereocenters. The number of aromatic carboxylic acids is 1. The summed E-state index contributed by atoms with van der Waals surface area (Å²) < 4.78 is 14.5. The zero-order chi connectivity index (χ0) is 13.4. The van der Waals surface area contributed by atoms with Gasteiger partial charge in [-0.25, -0.2) is 9.18 Å². The Morgan fingerprint density at radius 2 is 1.84 bits per heavy atom. The van der Waals surface area contributed by atoms with Crippen molar-refractivity contribution >= 4 is 11.6 Å². The predicted molar refractivity (Wildman–Crippen MR) is 65.3 cm³/mol. The fraction of sp³-hybridized carbons (Fsp3) is 0. The van der Waals surface area contributed by atoms with Crippen LogP contribution < -0.4 is 0 Å². The Labute approximate surface area is 107 Å². The molecule has 6 heteroatoms. The third kappa shape index (κ3) is 1.93. The highest BCUT2D eigenvalue weighted by atomic mass is 19.1. The number of rotatable bonds is 2. The summed E-state index contributed by atoms with van der Waals surface area (Å²) in [5.74, 6) is -0.900. The molecular formula is C13H8FN3O2. The molecule has 0 amide bonds. The normalized spacial score (nSPS) is 10.8. The van der Waals surface area contributed by atoms with Crippen molar-refractivity contribution in [1.82, 2.24) is 14.6 Å². The summed E-state index contributed by atoms with van der Waals surface area (Å²) in [7, 11) is 0. The van der Waals surface area contributed by atoms with Gasteiger partial charge in [-0.1, -0.05) is 0 Å². The average molecular weight is 257 g/mol. The molecule has 0 atom stereocenters. The van der Waals surface area contributed by atoms with Gasteiger partial charge in [0.15, 0.2) is 11.5 Å². The van der Waals surface area contributed by atoms with E-state index >= 15 is 0 Å². The van der Waals surface area contributed by atoms with Gasteiger partial charge in [-0.2, -0.15) is 0 Å². The molecular weight excluding hydrogens is 249 g/mol.